The molecule has 1 fully saturated rings. The SMILES string of the molecule is CCC(/C=C(/C)[C@H](O)C[C@H](C[C@@H](O)C(C)(C)C1(O)O[C@H](C[C@H](OC)[C@@H](OCOC)C(=O)O)C[C@H](OC)[C@@H]1C)OC)CO[Si](C)(C)C(C)(C)C. The minimum absolute atomic E-state index is 0.0798. The molecule has 1 rings (SSSR count). The largest absolute Gasteiger partial charge is 0.479 e. The van der Waals surface area contributed by atoms with E-state index < -0.39 is 74.1 Å². The summed E-state index contributed by atoms with van der Waals surface area (Å²) in [7, 11) is 3.96. The van der Waals surface area contributed by atoms with Crippen LogP contribution in [0.1, 0.15) is 87.5 Å². The molecule has 0 aromatic rings. The van der Waals surface area contributed by atoms with Gasteiger partial charge in [-0.15, -0.1) is 0 Å². The van der Waals surface area contributed by atoms with Crippen molar-refractivity contribution < 1.29 is 58.1 Å². The molecule has 0 amide bonds. The summed E-state index contributed by atoms with van der Waals surface area (Å²) in [6.45, 7) is 20.7. The predicted octanol–water partition coefficient (Wildman–Crippen LogP) is 5.13. The Labute approximate surface area is 296 Å². The summed E-state index contributed by atoms with van der Waals surface area (Å²) in [6, 6.07) is 0. The molecule has 290 valence electrons. The van der Waals surface area contributed by atoms with Crippen molar-refractivity contribution >= 4 is 14.3 Å². The summed E-state index contributed by atoms with van der Waals surface area (Å²) in [5.74, 6) is -3.50. The Morgan fingerprint density at radius 2 is 1.67 bits per heavy atom. The van der Waals surface area contributed by atoms with Gasteiger partial charge in [-0.25, -0.2) is 4.79 Å². The molecule has 12 nitrogen and oxygen atoms in total. The fraction of sp³-hybridized carbons (Fsp3) is 0.917. The van der Waals surface area contributed by atoms with Gasteiger partial charge in [0.25, 0.3) is 0 Å². The van der Waals surface area contributed by atoms with Gasteiger partial charge in [-0.2, -0.15) is 0 Å². The molecule has 2 unspecified atom stereocenters. The van der Waals surface area contributed by atoms with E-state index in [0.717, 1.165) is 12.0 Å². The van der Waals surface area contributed by atoms with Crippen molar-refractivity contribution in [3.8, 4) is 0 Å². The van der Waals surface area contributed by atoms with Gasteiger partial charge in [-0.3, -0.25) is 0 Å². The summed E-state index contributed by atoms with van der Waals surface area (Å²) >= 11 is 0. The van der Waals surface area contributed by atoms with Crippen LogP contribution in [-0.4, -0.2) is 125 Å². The first kappa shape index (κ1) is 46.0. The summed E-state index contributed by atoms with van der Waals surface area (Å²) in [5.41, 5.74) is -0.429. The summed E-state index contributed by atoms with van der Waals surface area (Å²) in [5, 5.41) is 45.0. The molecule has 13 heteroatoms. The number of carbonyl (C=O) groups is 1. The van der Waals surface area contributed by atoms with Gasteiger partial charge in [-0.1, -0.05) is 54.5 Å². The zero-order valence-electron chi connectivity index (χ0n) is 32.8. The highest BCUT2D eigenvalue weighted by Gasteiger charge is 2.59. The first-order valence-corrected chi connectivity index (χ1v) is 20.5. The minimum Gasteiger partial charge on any atom is -0.479 e. The average molecular weight is 723 g/mol. The van der Waals surface area contributed by atoms with Crippen LogP contribution in [0.3, 0.4) is 0 Å². The Kier molecular flexibility index (Phi) is 18.6. The zero-order chi connectivity index (χ0) is 38.0. The van der Waals surface area contributed by atoms with Crippen LogP contribution in [-0.2, 0) is 37.6 Å². The summed E-state index contributed by atoms with van der Waals surface area (Å²) in [6.07, 6.45) is -2.07. The Morgan fingerprint density at radius 3 is 2.14 bits per heavy atom. The fourth-order valence-electron chi connectivity index (χ4n) is 6.19. The van der Waals surface area contributed by atoms with Crippen molar-refractivity contribution in [2.45, 2.75) is 154 Å². The molecule has 4 N–H and O–H groups in total. The van der Waals surface area contributed by atoms with Gasteiger partial charge in [-0.05, 0) is 43.0 Å². The van der Waals surface area contributed by atoms with Crippen molar-refractivity contribution in [1.29, 1.82) is 0 Å². The molecule has 0 aromatic heterocycles. The lowest BCUT2D eigenvalue weighted by molar-refractivity contribution is -0.365. The van der Waals surface area contributed by atoms with Gasteiger partial charge in [0.1, 0.15) is 6.79 Å². The van der Waals surface area contributed by atoms with Crippen molar-refractivity contribution in [3.05, 3.63) is 11.6 Å². The number of aliphatic hydroxyl groups excluding tert-OH is 2. The molecular formula is C36H70O12Si. The van der Waals surface area contributed by atoms with Gasteiger partial charge in [0, 0.05) is 72.1 Å². The van der Waals surface area contributed by atoms with Gasteiger partial charge in [0.2, 0.25) is 0 Å². The number of rotatable bonds is 22. The molecule has 1 heterocycles. The van der Waals surface area contributed by atoms with Crippen molar-refractivity contribution in [2.75, 3.05) is 41.8 Å². The van der Waals surface area contributed by atoms with E-state index in [1.54, 1.807) is 35.0 Å². The van der Waals surface area contributed by atoms with E-state index >= 15 is 0 Å². The molecule has 49 heavy (non-hydrogen) atoms. The Morgan fingerprint density at radius 1 is 1.06 bits per heavy atom. The van der Waals surface area contributed by atoms with Crippen molar-refractivity contribution in [1.82, 2.24) is 0 Å². The second-order valence-corrected chi connectivity index (χ2v) is 20.6. The second-order valence-electron chi connectivity index (χ2n) is 15.8. The summed E-state index contributed by atoms with van der Waals surface area (Å²) in [4.78, 5) is 12.0. The second kappa shape index (κ2) is 19.7. The number of aliphatic hydroxyl groups is 3. The molecule has 0 aromatic carbocycles. The molecule has 1 saturated heterocycles. The van der Waals surface area contributed by atoms with E-state index in [0.29, 0.717) is 13.0 Å². The lowest BCUT2D eigenvalue weighted by Crippen LogP contribution is -2.64. The molecule has 1 aliphatic rings. The number of methoxy groups -OCH3 is 4. The molecule has 0 radical (unpaired) electrons. The molecule has 0 saturated carbocycles. The molecular weight excluding hydrogens is 652 g/mol. The van der Waals surface area contributed by atoms with E-state index in [1.165, 1.54) is 14.2 Å². The molecule has 0 bridgehead atoms. The van der Waals surface area contributed by atoms with Crippen LogP contribution < -0.4 is 0 Å². The lowest BCUT2D eigenvalue weighted by atomic mass is 9.67. The van der Waals surface area contributed by atoms with Crippen LogP contribution >= 0.6 is 0 Å². The first-order valence-electron chi connectivity index (χ1n) is 17.6. The number of carboxylic acid groups (broad SMARTS) is 1. The van der Waals surface area contributed by atoms with Crippen LogP contribution in [0.2, 0.25) is 18.1 Å². The van der Waals surface area contributed by atoms with Crippen LogP contribution in [0.4, 0.5) is 0 Å². The van der Waals surface area contributed by atoms with E-state index in [-0.39, 0.29) is 37.0 Å². The Bertz CT molecular complexity index is 1010. The lowest BCUT2D eigenvalue weighted by Gasteiger charge is -2.55. The number of hydrogen-bond acceptors (Lipinski definition) is 11. The Hall–Kier alpha value is -0.973. The maximum Gasteiger partial charge on any atom is 0.335 e. The number of carboxylic acids is 1. The smallest absolute Gasteiger partial charge is 0.335 e. The monoisotopic (exact) mass is 722 g/mol. The summed E-state index contributed by atoms with van der Waals surface area (Å²) < 4.78 is 40.1. The van der Waals surface area contributed by atoms with Crippen LogP contribution in [0.25, 0.3) is 0 Å². The molecule has 1 aliphatic heterocycles. The zero-order valence-corrected chi connectivity index (χ0v) is 33.8. The van der Waals surface area contributed by atoms with Gasteiger partial charge >= 0.3 is 5.97 Å². The third-order valence-corrected chi connectivity index (χ3v) is 15.6. The van der Waals surface area contributed by atoms with E-state index in [4.69, 9.17) is 32.8 Å². The first-order chi connectivity index (χ1) is 22.6. The fourth-order valence-corrected chi connectivity index (χ4v) is 7.26. The Balaban J connectivity index is 3.13. The van der Waals surface area contributed by atoms with E-state index in [2.05, 4.69) is 46.9 Å². The topological polar surface area (TPSA) is 163 Å². The molecule has 10 atom stereocenters. The van der Waals surface area contributed by atoms with Crippen LogP contribution in [0.15, 0.2) is 11.6 Å². The van der Waals surface area contributed by atoms with E-state index in [9.17, 15) is 25.2 Å². The van der Waals surface area contributed by atoms with Crippen molar-refractivity contribution in [3.63, 3.8) is 0 Å². The minimum atomic E-state index is -1.91. The van der Waals surface area contributed by atoms with Gasteiger partial charge in [0.15, 0.2) is 20.2 Å². The standard InChI is InChI=1S/C36H70O12Si/c1-15-25(21-47-49(13,14)34(4,5)6)16-23(2)28(37)17-26(43-10)20-31(38)35(7,8)36(41)24(3)29(44-11)18-27(48-36)19-30(45-12)32(33(39)40)46-22-42-9/h16,24-32,37-38,41H,15,17-22H2,1-14H3,(H,39,40)/b23-16-/t24-,25?,26+,27-,28+,29-,30-,31+,32+,36?/m0/s1. The van der Waals surface area contributed by atoms with Gasteiger partial charge in [0.05, 0.1) is 36.6 Å². The third kappa shape index (κ3) is 12.3. The molecule has 0 aliphatic carbocycles. The highest BCUT2D eigenvalue weighted by Crippen LogP contribution is 2.49. The average Bonchev–Trinajstić information content (AvgIpc) is 3.02. The maximum absolute atomic E-state index is 12.2. The van der Waals surface area contributed by atoms with Crippen LogP contribution in [0, 0.1) is 17.3 Å². The van der Waals surface area contributed by atoms with E-state index in [1.807, 2.05) is 6.92 Å². The quantitative estimate of drug-likeness (QED) is 0.0663. The number of aliphatic carboxylic acids is 1. The predicted molar refractivity (Wildman–Crippen MR) is 191 cm³/mol. The number of ether oxygens (including phenoxy) is 6. The van der Waals surface area contributed by atoms with Gasteiger partial charge < -0.3 is 53.3 Å². The van der Waals surface area contributed by atoms with Crippen LogP contribution in [0.5, 0.6) is 0 Å². The highest BCUT2D eigenvalue weighted by atomic mass is 28.4. The highest BCUT2D eigenvalue weighted by molar-refractivity contribution is 6.74. The maximum atomic E-state index is 12.2. The van der Waals surface area contributed by atoms with Crippen molar-refractivity contribution in [2.24, 2.45) is 17.3 Å². The third-order valence-electron chi connectivity index (χ3n) is 11.1. The number of hydrogen-bond donors (Lipinski definition) is 4. The normalized spacial score (nSPS) is 26.6. The molecule has 0 spiro atoms.